The second-order valence-corrected chi connectivity index (χ2v) is 4.20. The van der Waals surface area contributed by atoms with Crippen molar-refractivity contribution in [2.45, 2.75) is 13.3 Å². The number of nitrogens with zero attached hydrogens (tertiary/aromatic N) is 2. The molecule has 0 aliphatic carbocycles. The maximum Gasteiger partial charge on any atom is 0.164 e. The molecule has 0 aliphatic heterocycles. The molecule has 1 aromatic heterocycles. The molecule has 0 bridgehead atoms. The molecule has 0 amide bonds. The van der Waals surface area contributed by atoms with Crippen molar-refractivity contribution in [1.29, 1.82) is 0 Å². The van der Waals surface area contributed by atoms with Crippen LogP contribution < -0.4 is 5.32 Å². The molecular weight excluding hydrogens is 253 g/mol. The number of benzene rings is 1. The van der Waals surface area contributed by atoms with E-state index in [1.165, 1.54) is 6.07 Å². The van der Waals surface area contributed by atoms with Gasteiger partial charge in [0.25, 0.3) is 0 Å². The van der Waals surface area contributed by atoms with E-state index in [1.54, 1.807) is 24.4 Å². The highest BCUT2D eigenvalue weighted by Gasteiger charge is 2.11. The summed E-state index contributed by atoms with van der Waals surface area (Å²) in [6.07, 6.45) is 2.59. The number of nitrogens with one attached hydrogen (secondary N) is 1. The van der Waals surface area contributed by atoms with Gasteiger partial charge in [-0.3, -0.25) is 0 Å². The van der Waals surface area contributed by atoms with Crippen LogP contribution in [0.4, 0.5) is 10.2 Å². The van der Waals surface area contributed by atoms with Crippen LogP contribution in [0.5, 0.6) is 0 Å². The molecule has 0 saturated heterocycles. The summed E-state index contributed by atoms with van der Waals surface area (Å²) in [5.41, 5.74) is 0.308. The van der Waals surface area contributed by atoms with Crippen LogP contribution in [0.3, 0.4) is 0 Å². The van der Waals surface area contributed by atoms with Crippen molar-refractivity contribution in [3.05, 3.63) is 41.3 Å². The fourth-order valence-corrected chi connectivity index (χ4v) is 1.69. The smallest absolute Gasteiger partial charge is 0.164 e. The monoisotopic (exact) mass is 265 g/mol. The van der Waals surface area contributed by atoms with Crippen LogP contribution in [-0.2, 0) is 0 Å². The van der Waals surface area contributed by atoms with Crippen molar-refractivity contribution in [2.75, 3.05) is 11.9 Å². The van der Waals surface area contributed by atoms with E-state index < -0.39 is 5.82 Å². The molecular formula is C13H13ClFN3. The van der Waals surface area contributed by atoms with Crippen LogP contribution in [0.25, 0.3) is 11.4 Å². The average Bonchev–Trinajstić information content (AvgIpc) is 2.40. The van der Waals surface area contributed by atoms with Gasteiger partial charge in [0.2, 0.25) is 0 Å². The number of rotatable bonds is 4. The first-order valence-electron chi connectivity index (χ1n) is 5.73. The lowest BCUT2D eigenvalue weighted by atomic mass is 10.2. The Kier molecular flexibility index (Phi) is 4.10. The highest BCUT2D eigenvalue weighted by molar-refractivity contribution is 6.31. The number of hydrogen-bond acceptors (Lipinski definition) is 3. The maximum absolute atomic E-state index is 13.8. The Morgan fingerprint density at radius 2 is 2.17 bits per heavy atom. The maximum atomic E-state index is 13.8. The summed E-state index contributed by atoms with van der Waals surface area (Å²) in [5.74, 6) is 0.518. The molecule has 0 fully saturated rings. The van der Waals surface area contributed by atoms with Crippen molar-refractivity contribution in [1.82, 2.24) is 9.97 Å². The largest absolute Gasteiger partial charge is 0.370 e. The molecule has 94 valence electrons. The van der Waals surface area contributed by atoms with Gasteiger partial charge >= 0.3 is 0 Å². The van der Waals surface area contributed by atoms with Crippen molar-refractivity contribution in [3.8, 4) is 11.4 Å². The summed E-state index contributed by atoms with van der Waals surface area (Å²) in [4.78, 5) is 8.33. The van der Waals surface area contributed by atoms with E-state index in [0.29, 0.717) is 17.2 Å². The zero-order valence-electron chi connectivity index (χ0n) is 9.95. The summed E-state index contributed by atoms with van der Waals surface area (Å²) in [5, 5.41) is 3.20. The number of hydrogen-bond donors (Lipinski definition) is 1. The van der Waals surface area contributed by atoms with Crippen LogP contribution in [-0.4, -0.2) is 16.5 Å². The normalized spacial score (nSPS) is 10.4. The zero-order valence-corrected chi connectivity index (χ0v) is 10.7. The molecule has 1 N–H and O–H groups in total. The second-order valence-electron chi connectivity index (χ2n) is 3.79. The van der Waals surface area contributed by atoms with E-state index in [4.69, 9.17) is 11.6 Å². The summed E-state index contributed by atoms with van der Waals surface area (Å²) in [7, 11) is 0. The lowest BCUT2D eigenvalue weighted by molar-refractivity contribution is 0.630. The van der Waals surface area contributed by atoms with E-state index in [1.807, 2.05) is 0 Å². The van der Waals surface area contributed by atoms with Gasteiger partial charge in [-0.1, -0.05) is 24.6 Å². The molecule has 1 heterocycles. The van der Waals surface area contributed by atoms with Crippen LogP contribution in [0.15, 0.2) is 30.5 Å². The van der Waals surface area contributed by atoms with Gasteiger partial charge in [0.1, 0.15) is 5.82 Å². The van der Waals surface area contributed by atoms with E-state index >= 15 is 0 Å². The molecule has 2 rings (SSSR count). The van der Waals surface area contributed by atoms with E-state index in [9.17, 15) is 4.39 Å². The Labute approximate surface area is 110 Å². The Balaban J connectivity index is 2.35. The molecule has 18 heavy (non-hydrogen) atoms. The van der Waals surface area contributed by atoms with E-state index in [-0.39, 0.29) is 5.02 Å². The minimum Gasteiger partial charge on any atom is -0.370 e. The predicted octanol–water partition coefficient (Wildman–Crippen LogP) is 3.76. The first kappa shape index (κ1) is 12.8. The third-order valence-electron chi connectivity index (χ3n) is 2.40. The van der Waals surface area contributed by atoms with Crippen LogP contribution >= 0.6 is 11.6 Å². The standard InChI is InChI=1S/C13H13ClFN3/c1-2-7-16-11-6-8-17-13(18-11)9-4-3-5-10(14)12(9)15/h3-6,8H,2,7H2,1H3,(H,16,17,18). The minimum absolute atomic E-state index is 0.0722. The summed E-state index contributed by atoms with van der Waals surface area (Å²) < 4.78 is 13.8. The summed E-state index contributed by atoms with van der Waals surface area (Å²) in [6.45, 7) is 2.88. The van der Waals surface area contributed by atoms with Crippen LogP contribution in [0.2, 0.25) is 5.02 Å². The predicted molar refractivity (Wildman–Crippen MR) is 71.2 cm³/mol. The second kappa shape index (κ2) is 5.78. The fourth-order valence-electron chi connectivity index (χ4n) is 1.52. The van der Waals surface area contributed by atoms with Gasteiger partial charge in [-0.2, -0.15) is 0 Å². The number of halogens is 2. The van der Waals surface area contributed by atoms with Crippen LogP contribution in [0.1, 0.15) is 13.3 Å². The number of aromatic nitrogens is 2. The SMILES string of the molecule is CCCNc1ccnc(-c2cccc(Cl)c2F)n1. The molecule has 3 nitrogen and oxygen atoms in total. The first-order valence-corrected chi connectivity index (χ1v) is 6.11. The molecule has 0 atom stereocenters. The molecule has 0 saturated carbocycles. The molecule has 0 spiro atoms. The molecule has 2 aromatic rings. The van der Waals surface area contributed by atoms with Crippen LogP contribution in [0, 0.1) is 5.82 Å². The van der Waals surface area contributed by atoms with E-state index in [2.05, 4.69) is 22.2 Å². The Morgan fingerprint density at radius 1 is 1.33 bits per heavy atom. The third kappa shape index (κ3) is 2.76. The fraction of sp³-hybridized carbons (Fsp3) is 0.231. The highest BCUT2D eigenvalue weighted by Crippen LogP contribution is 2.25. The summed E-state index contributed by atoms with van der Waals surface area (Å²) in [6, 6.07) is 6.54. The Morgan fingerprint density at radius 3 is 2.94 bits per heavy atom. The third-order valence-corrected chi connectivity index (χ3v) is 2.70. The van der Waals surface area contributed by atoms with Crippen molar-refractivity contribution in [3.63, 3.8) is 0 Å². The Bertz CT molecular complexity index is 546. The van der Waals surface area contributed by atoms with Gasteiger partial charge in [-0.25, -0.2) is 14.4 Å². The molecule has 1 aromatic carbocycles. The van der Waals surface area contributed by atoms with Gasteiger partial charge in [0, 0.05) is 12.7 Å². The topological polar surface area (TPSA) is 37.8 Å². The lowest BCUT2D eigenvalue weighted by Gasteiger charge is -2.06. The minimum atomic E-state index is -0.494. The van der Waals surface area contributed by atoms with Gasteiger partial charge < -0.3 is 5.32 Å². The van der Waals surface area contributed by atoms with Gasteiger partial charge in [0.05, 0.1) is 10.6 Å². The Hall–Kier alpha value is -1.68. The number of anilines is 1. The van der Waals surface area contributed by atoms with Crippen molar-refractivity contribution < 1.29 is 4.39 Å². The van der Waals surface area contributed by atoms with Crippen molar-refractivity contribution in [2.24, 2.45) is 0 Å². The van der Waals surface area contributed by atoms with Gasteiger partial charge in [-0.15, -0.1) is 0 Å². The first-order chi connectivity index (χ1) is 8.72. The van der Waals surface area contributed by atoms with E-state index in [0.717, 1.165) is 13.0 Å². The highest BCUT2D eigenvalue weighted by atomic mass is 35.5. The molecule has 5 heteroatoms. The summed E-state index contributed by atoms with van der Waals surface area (Å²) >= 11 is 5.74. The lowest BCUT2D eigenvalue weighted by Crippen LogP contribution is -2.03. The molecule has 0 aliphatic rings. The zero-order chi connectivity index (χ0) is 13.0. The average molecular weight is 266 g/mol. The van der Waals surface area contributed by atoms with Gasteiger partial charge in [-0.05, 0) is 24.6 Å². The molecule has 0 radical (unpaired) electrons. The molecule has 0 unspecified atom stereocenters. The quantitative estimate of drug-likeness (QED) is 0.915. The van der Waals surface area contributed by atoms with Gasteiger partial charge in [0.15, 0.2) is 11.6 Å². The van der Waals surface area contributed by atoms with Crippen molar-refractivity contribution >= 4 is 17.4 Å².